The molecule has 1 unspecified atom stereocenters. The Balaban J connectivity index is 1.83. The number of benzene rings is 1. The van der Waals surface area contributed by atoms with Crippen LogP contribution in [0.5, 0.6) is 0 Å². The van der Waals surface area contributed by atoms with E-state index in [2.05, 4.69) is 4.98 Å². The quantitative estimate of drug-likeness (QED) is 0.881. The molecule has 1 atom stereocenters. The number of hydrogen-bond acceptors (Lipinski definition) is 3. The van der Waals surface area contributed by atoms with E-state index in [1.165, 1.54) is 0 Å². The third-order valence-electron chi connectivity index (χ3n) is 4.27. The van der Waals surface area contributed by atoms with E-state index < -0.39 is 11.6 Å². The molecule has 1 fully saturated rings. The molecule has 2 N–H and O–H groups in total. The minimum absolute atomic E-state index is 0.179. The summed E-state index contributed by atoms with van der Waals surface area (Å²) in [5.41, 5.74) is 1.46. The lowest BCUT2D eigenvalue weighted by molar-refractivity contribution is 0.0292. The molecule has 0 bridgehead atoms. The van der Waals surface area contributed by atoms with Crippen molar-refractivity contribution < 1.29 is 19.4 Å². The average Bonchev–Trinajstić information content (AvgIpc) is 3.13. The number of fused-ring (bicyclic) bond motifs is 1. The van der Waals surface area contributed by atoms with Gasteiger partial charge in [-0.05, 0) is 44.9 Å². The van der Waals surface area contributed by atoms with Gasteiger partial charge in [0.1, 0.15) is 5.60 Å². The number of ether oxygens (including phenoxy) is 1. The Morgan fingerprint density at radius 1 is 1.29 bits per heavy atom. The molecular formula is C18H22N2O4. The molecular weight excluding hydrogens is 308 g/mol. The van der Waals surface area contributed by atoms with Gasteiger partial charge in [-0.15, -0.1) is 0 Å². The molecule has 1 aliphatic heterocycles. The third-order valence-corrected chi connectivity index (χ3v) is 4.27. The van der Waals surface area contributed by atoms with Crippen molar-refractivity contribution in [1.82, 2.24) is 9.88 Å². The lowest BCUT2D eigenvalue weighted by atomic mass is 9.93. The van der Waals surface area contributed by atoms with Crippen LogP contribution in [0.2, 0.25) is 0 Å². The molecule has 1 aromatic heterocycles. The number of carboxylic acids is 1. The molecule has 0 radical (unpaired) electrons. The molecule has 24 heavy (non-hydrogen) atoms. The number of carboxylic acid groups (broad SMARTS) is 1. The Morgan fingerprint density at radius 2 is 2.04 bits per heavy atom. The van der Waals surface area contributed by atoms with E-state index in [1.54, 1.807) is 17.2 Å². The topological polar surface area (TPSA) is 82.6 Å². The van der Waals surface area contributed by atoms with Crippen LogP contribution in [0.3, 0.4) is 0 Å². The van der Waals surface area contributed by atoms with Crippen molar-refractivity contribution in [2.24, 2.45) is 0 Å². The van der Waals surface area contributed by atoms with Gasteiger partial charge in [-0.1, -0.05) is 6.07 Å². The molecule has 0 saturated carbocycles. The zero-order valence-electron chi connectivity index (χ0n) is 14.1. The number of nitrogens with one attached hydrogen (secondary N) is 1. The molecule has 2 aromatic rings. The van der Waals surface area contributed by atoms with Crippen molar-refractivity contribution in [1.29, 1.82) is 0 Å². The Hall–Kier alpha value is -2.50. The number of aromatic carboxylic acids is 1. The number of rotatable bonds is 2. The van der Waals surface area contributed by atoms with Gasteiger partial charge in [0, 0.05) is 30.6 Å². The van der Waals surface area contributed by atoms with Crippen LogP contribution in [0, 0.1) is 0 Å². The molecule has 1 aromatic carbocycles. The van der Waals surface area contributed by atoms with Crippen LogP contribution in [0.25, 0.3) is 10.9 Å². The number of nitrogens with zero attached hydrogens (tertiary/aromatic N) is 1. The number of carbonyl (C=O) groups excluding carboxylic acids is 1. The van der Waals surface area contributed by atoms with Gasteiger partial charge < -0.3 is 19.7 Å². The number of aromatic nitrogens is 1. The zero-order chi connectivity index (χ0) is 17.5. The molecule has 6 heteroatoms. The van der Waals surface area contributed by atoms with Crippen LogP contribution in [-0.4, -0.2) is 45.7 Å². The fraction of sp³-hybridized carbons (Fsp3) is 0.444. The van der Waals surface area contributed by atoms with E-state index >= 15 is 0 Å². The third kappa shape index (κ3) is 3.09. The van der Waals surface area contributed by atoms with Gasteiger partial charge in [0.15, 0.2) is 0 Å². The highest BCUT2D eigenvalue weighted by Gasteiger charge is 2.31. The second kappa shape index (κ2) is 5.85. The lowest BCUT2D eigenvalue weighted by Gasteiger charge is -2.24. The van der Waals surface area contributed by atoms with Gasteiger partial charge in [0.25, 0.3) is 0 Å². The van der Waals surface area contributed by atoms with Crippen molar-refractivity contribution in [3.8, 4) is 0 Å². The second-order valence-electron chi connectivity index (χ2n) is 7.19. The highest BCUT2D eigenvalue weighted by atomic mass is 16.6. The number of amides is 1. The molecule has 2 heterocycles. The largest absolute Gasteiger partial charge is 0.478 e. The van der Waals surface area contributed by atoms with Gasteiger partial charge in [-0.3, -0.25) is 0 Å². The highest BCUT2D eigenvalue weighted by Crippen LogP contribution is 2.34. The van der Waals surface area contributed by atoms with Crippen molar-refractivity contribution in [3.05, 3.63) is 35.5 Å². The number of aromatic amines is 1. The molecule has 1 aliphatic rings. The first-order valence-electron chi connectivity index (χ1n) is 8.07. The number of carbonyl (C=O) groups is 2. The van der Waals surface area contributed by atoms with E-state index in [4.69, 9.17) is 4.74 Å². The monoisotopic (exact) mass is 330 g/mol. The van der Waals surface area contributed by atoms with Gasteiger partial charge in [0.05, 0.1) is 11.1 Å². The van der Waals surface area contributed by atoms with Crippen molar-refractivity contribution >= 4 is 23.0 Å². The van der Waals surface area contributed by atoms with Crippen LogP contribution in [-0.2, 0) is 4.74 Å². The van der Waals surface area contributed by atoms with Crippen LogP contribution in [0.15, 0.2) is 24.4 Å². The summed E-state index contributed by atoms with van der Waals surface area (Å²) in [6, 6.07) is 5.39. The van der Waals surface area contributed by atoms with Gasteiger partial charge in [0.2, 0.25) is 0 Å². The Kier molecular flexibility index (Phi) is 3.99. The number of H-pyrrole nitrogens is 1. The number of hydrogen-bond donors (Lipinski definition) is 2. The lowest BCUT2D eigenvalue weighted by Crippen LogP contribution is -2.35. The van der Waals surface area contributed by atoms with E-state index in [9.17, 15) is 14.7 Å². The highest BCUT2D eigenvalue weighted by molar-refractivity contribution is 6.03. The van der Waals surface area contributed by atoms with E-state index in [-0.39, 0.29) is 17.6 Å². The molecule has 3 rings (SSSR count). The maximum atomic E-state index is 12.2. The normalized spacial score (nSPS) is 18.1. The predicted octanol–water partition coefficient (Wildman–Crippen LogP) is 3.59. The smallest absolute Gasteiger partial charge is 0.410 e. The second-order valence-corrected chi connectivity index (χ2v) is 7.19. The van der Waals surface area contributed by atoms with Crippen LogP contribution >= 0.6 is 0 Å². The van der Waals surface area contributed by atoms with Crippen LogP contribution in [0.1, 0.15) is 49.0 Å². The molecule has 1 amide bonds. The average molecular weight is 330 g/mol. The summed E-state index contributed by atoms with van der Waals surface area (Å²) >= 11 is 0. The zero-order valence-corrected chi connectivity index (χ0v) is 14.1. The summed E-state index contributed by atoms with van der Waals surface area (Å²) in [4.78, 5) is 28.3. The van der Waals surface area contributed by atoms with E-state index in [0.717, 1.165) is 17.4 Å². The summed E-state index contributed by atoms with van der Waals surface area (Å²) in [5.74, 6) is -0.769. The summed E-state index contributed by atoms with van der Waals surface area (Å²) in [6.45, 7) is 6.79. The maximum absolute atomic E-state index is 12.2. The van der Waals surface area contributed by atoms with Gasteiger partial charge in [-0.2, -0.15) is 0 Å². The van der Waals surface area contributed by atoms with Crippen LogP contribution in [0.4, 0.5) is 4.79 Å². The fourth-order valence-electron chi connectivity index (χ4n) is 3.22. The first kappa shape index (κ1) is 16.4. The van der Waals surface area contributed by atoms with Crippen molar-refractivity contribution in [2.45, 2.75) is 38.7 Å². The molecule has 0 spiro atoms. The summed E-state index contributed by atoms with van der Waals surface area (Å²) < 4.78 is 5.43. The first-order valence-corrected chi connectivity index (χ1v) is 8.07. The Morgan fingerprint density at radius 3 is 2.71 bits per heavy atom. The Bertz CT molecular complexity index is 788. The fourth-order valence-corrected chi connectivity index (χ4v) is 3.22. The minimum atomic E-state index is -0.948. The van der Waals surface area contributed by atoms with Crippen molar-refractivity contribution in [3.63, 3.8) is 0 Å². The molecule has 1 saturated heterocycles. The van der Waals surface area contributed by atoms with Crippen molar-refractivity contribution in [2.75, 3.05) is 13.1 Å². The van der Waals surface area contributed by atoms with Crippen LogP contribution < -0.4 is 0 Å². The van der Waals surface area contributed by atoms with Gasteiger partial charge >= 0.3 is 12.1 Å². The molecule has 0 aliphatic carbocycles. The van der Waals surface area contributed by atoms with E-state index in [1.807, 2.05) is 32.9 Å². The number of likely N-dealkylation sites (tertiary alicyclic amines) is 1. The molecule has 6 nitrogen and oxygen atoms in total. The summed E-state index contributed by atoms with van der Waals surface area (Å²) in [7, 11) is 0. The molecule has 128 valence electrons. The maximum Gasteiger partial charge on any atom is 0.410 e. The SMILES string of the molecule is CC(C)(C)OC(=O)N1CCC(c2ccc(C(=O)O)c3[nH]ccc23)C1. The first-order chi connectivity index (χ1) is 11.3. The Labute approximate surface area is 140 Å². The standard InChI is InChI=1S/C18H22N2O4/c1-18(2,3)24-17(23)20-9-7-11(10-20)12-4-5-14(16(21)22)15-13(12)6-8-19-15/h4-6,8,11,19H,7,9-10H2,1-3H3,(H,21,22). The summed E-state index contributed by atoms with van der Waals surface area (Å²) in [5, 5.41) is 10.2. The minimum Gasteiger partial charge on any atom is -0.478 e. The van der Waals surface area contributed by atoms with Gasteiger partial charge in [-0.25, -0.2) is 9.59 Å². The summed E-state index contributed by atoms with van der Waals surface area (Å²) in [6.07, 6.45) is 2.30. The van der Waals surface area contributed by atoms with E-state index in [0.29, 0.717) is 18.6 Å². The predicted molar refractivity (Wildman–Crippen MR) is 90.4 cm³/mol.